The van der Waals surface area contributed by atoms with Crippen LogP contribution in [0, 0.1) is 5.82 Å². The fourth-order valence-corrected chi connectivity index (χ4v) is 1.78. The van der Waals surface area contributed by atoms with Gasteiger partial charge in [0.05, 0.1) is 12.2 Å². The molecule has 0 heterocycles. The minimum Gasteiger partial charge on any atom is -0.462 e. The summed E-state index contributed by atoms with van der Waals surface area (Å²) in [7, 11) is 0. The van der Waals surface area contributed by atoms with Crippen LogP contribution in [0.25, 0.3) is 0 Å². The molecule has 0 aromatic heterocycles. The first-order valence-corrected chi connectivity index (χ1v) is 6.45. The summed E-state index contributed by atoms with van der Waals surface area (Å²) in [6.07, 6.45) is 0. The van der Waals surface area contributed by atoms with Crippen LogP contribution in [0.4, 0.5) is 10.1 Å². The van der Waals surface area contributed by atoms with Gasteiger partial charge in [0, 0.05) is 17.8 Å². The monoisotopic (exact) mass is 273 g/mol. The lowest BCUT2D eigenvalue weighted by Gasteiger charge is -2.08. The van der Waals surface area contributed by atoms with Gasteiger partial charge in [-0.1, -0.05) is 18.2 Å². The van der Waals surface area contributed by atoms with E-state index in [1.807, 2.05) is 0 Å². The van der Waals surface area contributed by atoms with Crippen molar-refractivity contribution < 1.29 is 13.9 Å². The highest BCUT2D eigenvalue weighted by atomic mass is 19.1. The largest absolute Gasteiger partial charge is 0.462 e. The molecule has 1 N–H and O–H groups in total. The van der Waals surface area contributed by atoms with Crippen LogP contribution < -0.4 is 5.32 Å². The first-order valence-electron chi connectivity index (χ1n) is 6.45. The van der Waals surface area contributed by atoms with Crippen LogP contribution in [-0.2, 0) is 11.3 Å². The maximum atomic E-state index is 13.4. The normalized spacial score (nSPS) is 10.1. The average molecular weight is 273 g/mol. The zero-order valence-corrected chi connectivity index (χ0v) is 11.2. The van der Waals surface area contributed by atoms with Crippen LogP contribution >= 0.6 is 0 Å². The molecule has 0 saturated heterocycles. The van der Waals surface area contributed by atoms with E-state index < -0.39 is 0 Å². The Morgan fingerprint density at radius 1 is 1.15 bits per heavy atom. The Morgan fingerprint density at radius 3 is 2.50 bits per heavy atom. The number of hydrogen-bond acceptors (Lipinski definition) is 3. The van der Waals surface area contributed by atoms with Gasteiger partial charge in [-0.25, -0.2) is 9.18 Å². The van der Waals surface area contributed by atoms with Gasteiger partial charge in [-0.05, 0) is 37.3 Å². The average Bonchev–Trinajstić information content (AvgIpc) is 2.47. The fourth-order valence-electron chi connectivity index (χ4n) is 1.78. The third-order valence-corrected chi connectivity index (χ3v) is 2.84. The van der Waals surface area contributed by atoms with Crippen LogP contribution in [0.15, 0.2) is 48.5 Å². The van der Waals surface area contributed by atoms with Gasteiger partial charge < -0.3 is 10.1 Å². The van der Waals surface area contributed by atoms with E-state index in [4.69, 9.17) is 4.74 Å². The van der Waals surface area contributed by atoms with Crippen LogP contribution in [0.3, 0.4) is 0 Å². The summed E-state index contributed by atoms with van der Waals surface area (Å²) >= 11 is 0. The second-order valence-corrected chi connectivity index (χ2v) is 4.24. The molecule has 2 rings (SSSR count). The SMILES string of the molecule is CCOC(=O)c1ccc(NCc2ccccc2F)cc1. The third kappa shape index (κ3) is 3.57. The quantitative estimate of drug-likeness (QED) is 0.846. The van der Waals surface area contributed by atoms with Crippen LogP contribution in [-0.4, -0.2) is 12.6 Å². The molecule has 0 unspecified atom stereocenters. The van der Waals surface area contributed by atoms with Crippen molar-refractivity contribution in [1.29, 1.82) is 0 Å². The van der Waals surface area contributed by atoms with Crippen molar-refractivity contribution in [2.45, 2.75) is 13.5 Å². The van der Waals surface area contributed by atoms with Crippen molar-refractivity contribution in [1.82, 2.24) is 0 Å². The third-order valence-electron chi connectivity index (χ3n) is 2.84. The lowest BCUT2D eigenvalue weighted by Crippen LogP contribution is -2.05. The zero-order chi connectivity index (χ0) is 14.4. The maximum absolute atomic E-state index is 13.4. The van der Waals surface area contributed by atoms with Gasteiger partial charge in [-0.15, -0.1) is 0 Å². The topological polar surface area (TPSA) is 38.3 Å². The molecule has 2 aromatic carbocycles. The molecular weight excluding hydrogens is 257 g/mol. The van der Waals surface area contributed by atoms with E-state index in [-0.39, 0.29) is 11.8 Å². The molecule has 0 bridgehead atoms. The molecule has 0 aliphatic rings. The molecule has 2 aromatic rings. The number of esters is 1. The molecular formula is C16H16FNO2. The summed E-state index contributed by atoms with van der Waals surface area (Å²) in [4.78, 5) is 11.5. The molecule has 0 saturated carbocycles. The van der Waals surface area contributed by atoms with Crippen molar-refractivity contribution in [2.24, 2.45) is 0 Å². The lowest BCUT2D eigenvalue weighted by molar-refractivity contribution is 0.0526. The Balaban J connectivity index is 1.98. The van der Waals surface area contributed by atoms with E-state index in [0.717, 1.165) is 5.69 Å². The summed E-state index contributed by atoms with van der Waals surface area (Å²) in [6, 6.07) is 13.5. The number of carbonyl (C=O) groups is 1. The number of halogens is 1. The second-order valence-electron chi connectivity index (χ2n) is 4.24. The van der Waals surface area contributed by atoms with Crippen molar-refractivity contribution in [3.8, 4) is 0 Å². The van der Waals surface area contributed by atoms with Crippen LogP contribution in [0.1, 0.15) is 22.8 Å². The minimum atomic E-state index is -0.340. The first kappa shape index (κ1) is 14.1. The van der Waals surface area contributed by atoms with Gasteiger partial charge in [-0.2, -0.15) is 0 Å². The predicted octanol–water partition coefficient (Wildman–Crippen LogP) is 3.61. The molecule has 0 aliphatic heterocycles. The summed E-state index contributed by atoms with van der Waals surface area (Å²) in [5.41, 5.74) is 1.92. The Labute approximate surface area is 117 Å². The Kier molecular flexibility index (Phi) is 4.71. The predicted molar refractivity (Wildman–Crippen MR) is 76.1 cm³/mol. The van der Waals surface area contributed by atoms with E-state index in [1.165, 1.54) is 6.07 Å². The van der Waals surface area contributed by atoms with Crippen LogP contribution in [0.2, 0.25) is 0 Å². The highest BCUT2D eigenvalue weighted by molar-refractivity contribution is 5.89. The second kappa shape index (κ2) is 6.70. The first-order chi connectivity index (χ1) is 9.70. The molecule has 0 aliphatic carbocycles. The van der Waals surface area contributed by atoms with Crippen molar-refractivity contribution in [3.63, 3.8) is 0 Å². The number of ether oxygens (including phenoxy) is 1. The van der Waals surface area contributed by atoms with E-state index in [2.05, 4.69) is 5.32 Å². The Morgan fingerprint density at radius 2 is 1.85 bits per heavy atom. The van der Waals surface area contributed by atoms with Gasteiger partial charge in [-0.3, -0.25) is 0 Å². The summed E-state index contributed by atoms with van der Waals surface area (Å²) in [5, 5.41) is 3.11. The van der Waals surface area contributed by atoms with Gasteiger partial charge in [0.2, 0.25) is 0 Å². The summed E-state index contributed by atoms with van der Waals surface area (Å²) in [5.74, 6) is -0.573. The van der Waals surface area contributed by atoms with Crippen molar-refractivity contribution in [3.05, 3.63) is 65.5 Å². The number of carbonyl (C=O) groups excluding carboxylic acids is 1. The number of anilines is 1. The van der Waals surface area contributed by atoms with Gasteiger partial charge in [0.1, 0.15) is 5.82 Å². The molecule has 0 atom stereocenters. The number of hydrogen-bond donors (Lipinski definition) is 1. The Hall–Kier alpha value is -2.36. The van der Waals surface area contributed by atoms with Crippen LogP contribution in [0.5, 0.6) is 0 Å². The molecule has 0 radical (unpaired) electrons. The molecule has 3 nitrogen and oxygen atoms in total. The molecule has 0 fully saturated rings. The van der Waals surface area contributed by atoms with E-state index in [0.29, 0.717) is 24.3 Å². The fraction of sp³-hybridized carbons (Fsp3) is 0.188. The highest BCUT2D eigenvalue weighted by Gasteiger charge is 2.05. The Bertz CT molecular complexity index is 581. The van der Waals surface area contributed by atoms with E-state index >= 15 is 0 Å². The molecule has 4 heteroatoms. The van der Waals surface area contributed by atoms with Gasteiger partial charge >= 0.3 is 5.97 Å². The van der Waals surface area contributed by atoms with E-state index in [1.54, 1.807) is 49.4 Å². The number of rotatable bonds is 5. The highest BCUT2D eigenvalue weighted by Crippen LogP contribution is 2.13. The smallest absolute Gasteiger partial charge is 0.338 e. The number of benzene rings is 2. The van der Waals surface area contributed by atoms with E-state index in [9.17, 15) is 9.18 Å². The maximum Gasteiger partial charge on any atom is 0.338 e. The van der Waals surface area contributed by atoms with Crippen molar-refractivity contribution in [2.75, 3.05) is 11.9 Å². The molecule has 0 spiro atoms. The van der Waals surface area contributed by atoms with Crippen molar-refractivity contribution >= 4 is 11.7 Å². The van der Waals surface area contributed by atoms with Gasteiger partial charge in [0.25, 0.3) is 0 Å². The summed E-state index contributed by atoms with van der Waals surface area (Å²) < 4.78 is 18.3. The molecule has 0 amide bonds. The lowest BCUT2D eigenvalue weighted by atomic mass is 10.2. The molecule has 20 heavy (non-hydrogen) atoms. The zero-order valence-electron chi connectivity index (χ0n) is 11.2. The van der Waals surface area contributed by atoms with Gasteiger partial charge in [0.15, 0.2) is 0 Å². The minimum absolute atomic E-state index is 0.233. The summed E-state index contributed by atoms with van der Waals surface area (Å²) in [6.45, 7) is 2.51. The molecule has 104 valence electrons. The standard InChI is InChI=1S/C16H16FNO2/c1-2-20-16(19)12-7-9-14(10-8-12)18-11-13-5-3-4-6-15(13)17/h3-10,18H,2,11H2,1H3. The number of nitrogens with one attached hydrogen (secondary N) is 1.